The largest absolute Gasteiger partial charge is 0.543 e. The van der Waals surface area contributed by atoms with Crippen LogP contribution in [0.25, 0.3) is 33.3 Å². The highest BCUT2D eigenvalue weighted by molar-refractivity contribution is 7.83. The highest BCUT2D eigenvalue weighted by Gasteiger charge is 2.62. The van der Waals surface area contributed by atoms with E-state index < -0.39 is 72.6 Å². The Labute approximate surface area is 531 Å². The maximum Gasteiger partial charge on any atom is 0.324 e. The maximum atomic E-state index is 15.6. The molecule has 3 aromatic carbocycles. The van der Waals surface area contributed by atoms with Crippen LogP contribution in [0, 0.1) is 24.2 Å². The number of hydrazine groups is 1. The number of ether oxygens (including phenoxy) is 2. The third kappa shape index (κ3) is 13.6. The normalized spacial score (nSPS) is 22.6. The number of rotatable bonds is 19. The molecule has 2 aromatic heterocycles. The summed E-state index contributed by atoms with van der Waals surface area (Å²) in [6.07, 6.45) is 8.12. The number of methoxy groups -OCH3 is 1. The van der Waals surface area contributed by atoms with Crippen molar-refractivity contribution in [1.29, 1.82) is 0 Å². The van der Waals surface area contributed by atoms with Crippen molar-refractivity contribution in [2.24, 2.45) is 17.3 Å². The van der Waals surface area contributed by atoms with Crippen LogP contribution < -0.4 is 15.2 Å². The number of amides is 4. The average molecular weight is 1250 g/mol. The van der Waals surface area contributed by atoms with Gasteiger partial charge in [-0.1, -0.05) is 98.1 Å². The number of aromatic nitrogens is 2. The fraction of sp³-hybridized carbons (Fsp3) is 0.571. The molecule has 2 saturated carbocycles. The molecule has 2 N–H and O–H groups in total. The summed E-state index contributed by atoms with van der Waals surface area (Å²) in [5.41, 5.74) is 12.0. The molecule has 8 atom stereocenters. The predicted molar refractivity (Wildman–Crippen MR) is 351 cm³/mol. The second-order valence-corrected chi connectivity index (χ2v) is 34.6. The van der Waals surface area contributed by atoms with Crippen molar-refractivity contribution in [1.82, 2.24) is 39.4 Å². The first-order chi connectivity index (χ1) is 42.4. The number of hydrogen-bond acceptors (Lipinski definition) is 11. The van der Waals surface area contributed by atoms with Gasteiger partial charge in [-0.05, 0) is 165 Å². The highest BCUT2D eigenvalue weighted by atomic mass is 32.2. The zero-order valence-corrected chi connectivity index (χ0v) is 56.8. The molecule has 3 unspecified atom stereocenters. The van der Waals surface area contributed by atoms with Crippen molar-refractivity contribution in [3.05, 3.63) is 101 Å². The van der Waals surface area contributed by atoms with Gasteiger partial charge >= 0.3 is 5.97 Å². The summed E-state index contributed by atoms with van der Waals surface area (Å²) < 4.78 is 37.9. The van der Waals surface area contributed by atoms with Crippen molar-refractivity contribution in [2.45, 2.75) is 205 Å². The van der Waals surface area contributed by atoms with Gasteiger partial charge in [0.05, 0.1) is 41.6 Å². The summed E-state index contributed by atoms with van der Waals surface area (Å²) in [6.45, 7) is 24.7. The third-order valence-corrected chi connectivity index (χ3v) is 27.5. The Morgan fingerprint density at radius 3 is 2.24 bits per heavy atom. The van der Waals surface area contributed by atoms with Crippen LogP contribution in [0.4, 0.5) is 0 Å². The predicted octanol–water partition coefficient (Wildman–Crippen LogP) is 11.3. The molecule has 3 aliphatic heterocycles. The molecule has 10 rings (SSSR count). The fourth-order valence-electron chi connectivity index (χ4n) is 15.1. The van der Waals surface area contributed by atoms with E-state index in [4.69, 9.17) is 18.9 Å². The zero-order valence-electron chi connectivity index (χ0n) is 55.0. The van der Waals surface area contributed by atoms with Gasteiger partial charge in [0.15, 0.2) is 0 Å². The van der Waals surface area contributed by atoms with Crippen molar-refractivity contribution in [3.63, 3.8) is 0 Å². The Hall–Kier alpha value is -6.25. The van der Waals surface area contributed by atoms with E-state index in [1.54, 1.807) is 31.7 Å². The standard InChI is InChI=1S/C70H96N8O9SSi/c1-15-76-59-31-28-50-38-55(59)56(64(76)54-22-18-32-71-61(54)46(9)85-14)39-70(10,11)41-86-69(83)57-23-19-33-77(73-57)67(81)58(36-47-34-51(50)37-52(35-47)87-89(42(2)3,43(4)5)44(6)7)72-66(80)63(48-20-16-17-21-48)75(13)60(79)40-74(12)68(82)65-62(49-26-27-49)78(65)88(84)53-29-24-45(8)25-30-53/h18,22,24-25,28-32,34-35,37-38,42-44,46,48-49,57-58,62-63,65,73H,15-17,19-21,23,26-27,33,36,39-41H2,1-14H3,(H,72,80)/t46-,57-,58-,62?,63-,65?,78?,88+/m0/s1. The first-order valence-electron chi connectivity index (χ1n) is 32.7. The molecular weight excluding hydrogens is 1160 g/mol. The number of cyclic esters (lactones) is 1. The molecule has 2 saturated heterocycles. The van der Waals surface area contributed by atoms with E-state index in [1.807, 2.05) is 50.2 Å². The van der Waals surface area contributed by atoms with Gasteiger partial charge in [-0.3, -0.25) is 34.0 Å². The Morgan fingerprint density at radius 1 is 0.888 bits per heavy atom. The van der Waals surface area contributed by atoms with Crippen molar-refractivity contribution in [3.8, 4) is 28.1 Å². The molecule has 5 aliphatic rings. The molecule has 480 valence electrons. The summed E-state index contributed by atoms with van der Waals surface area (Å²) in [5, 5.41) is 5.76. The SMILES string of the molecule is CCn1c(-c2cccnc2[C@H](C)OC)c2c3cc(ccc31)-c1cc(cc(O[Si](C(C)C)(C(C)C)C(C)C)c1)C[C@H](NC(=O)[C@H](C1CCCC1)N(C)C(=O)CN(C)C(=O)C1C(C3CC3)N1[S@](=O)c1ccc(C)cc1)C(=O)N1CCC[C@H](N1)C(=O)OCC(C)(C)C2. The van der Waals surface area contributed by atoms with Crippen LogP contribution in [0.1, 0.15) is 149 Å². The van der Waals surface area contributed by atoms with Crippen LogP contribution in [-0.4, -0.2) is 142 Å². The quantitative estimate of drug-likeness (QED) is 0.0455. The van der Waals surface area contributed by atoms with Crippen LogP contribution in [0.15, 0.2) is 83.9 Å². The molecular formula is C70H96N8O9SSi. The van der Waals surface area contributed by atoms with E-state index in [1.165, 1.54) is 14.8 Å². The summed E-state index contributed by atoms with van der Waals surface area (Å²) in [4.78, 5) is 83.0. The molecule has 5 aromatic rings. The number of pyridine rings is 1. The van der Waals surface area contributed by atoms with E-state index in [0.717, 1.165) is 81.4 Å². The minimum Gasteiger partial charge on any atom is -0.543 e. The summed E-state index contributed by atoms with van der Waals surface area (Å²) in [6, 6.07) is 20.7. The van der Waals surface area contributed by atoms with Gasteiger partial charge in [0, 0.05) is 68.8 Å². The van der Waals surface area contributed by atoms with Crippen molar-refractivity contribution in [2.75, 3.05) is 40.9 Å². The molecule has 89 heavy (non-hydrogen) atoms. The lowest BCUT2D eigenvalue weighted by atomic mass is 9.84. The first-order valence-corrected chi connectivity index (χ1v) is 35.9. The Kier molecular flexibility index (Phi) is 19.9. The summed E-state index contributed by atoms with van der Waals surface area (Å²) in [5.74, 6) is -1.33. The minimum absolute atomic E-state index is 0.0530. The minimum atomic E-state index is -2.59. The number of nitrogens with zero attached hydrogens (tertiary/aromatic N) is 6. The molecule has 2 aliphatic carbocycles. The van der Waals surface area contributed by atoms with Crippen molar-refractivity contribution < 1.29 is 42.1 Å². The van der Waals surface area contributed by atoms with Crippen LogP contribution in [0.2, 0.25) is 16.6 Å². The van der Waals surface area contributed by atoms with E-state index in [-0.39, 0.29) is 72.6 Å². The monoisotopic (exact) mass is 1250 g/mol. The molecule has 0 radical (unpaired) electrons. The lowest BCUT2D eigenvalue weighted by Gasteiger charge is -2.42. The van der Waals surface area contributed by atoms with Gasteiger partial charge in [0.2, 0.25) is 17.7 Å². The van der Waals surface area contributed by atoms with Crippen LogP contribution in [0.3, 0.4) is 0 Å². The number of esters is 1. The maximum absolute atomic E-state index is 15.6. The zero-order chi connectivity index (χ0) is 64.0. The number of nitrogens with one attached hydrogen (secondary N) is 2. The van der Waals surface area contributed by atoms with E-state index in [9.17, 15) is 18.6 Å². The number of fused-ring (bicyclic) bond motifs is 6. The fourth-order valence-corrected chi connectivity index (χ4v) is 21.8. The number of aryl methyl sites for hydroxylation is 2. The summed E-state index contributed by atoms with van der Waals surface area (Å²) in [7, 11) is 0.784. The van der Waals surface area contributed by atoms with Gasteiger partial charge in [-0.15, -0.1) is 0 Å². The number of carbonyl (C=O) groups is 5. The second-order valence-electron chi connectivity index (χ2n) is 27.8. The molecule has 5 heterocycles. The number of hydrogen-bond donors (Lipinski definition) is 2. The summed E-state index contributed by atoms with van der Waals surface area (Å²) >= 11 is 0. The van der Waals surface area contributed by atoms with Crippen molar-refractivity contribution >= 4 is 59.8 Å². The number of likely N-dealkylation sites (N-methyl/N-ethyl adjacent to an activating group) is 2. The first kappa shape index (κ1) is 65.7. The number of benzene rings is 3. The van der Waals surface area contributed by atoms with Crippen LogP contribution in [-0.2, 0) is 63.8 Å². The van der Waals surface area contributed by atoms with E-state index in [2.05, 4.69) is 114 Å². The average Bonchev–Trinajstić information content (AvgIpc) is 1.59. The van der Waals surface area contributed by atoms with Gasteiger partial charge in [0.25, 0.3) is 14.2 Å². The van der Waals surface area contributed by atoms with Gasteiger partial charge in [-0.25, -0.2) is 13.9 Å². The smallest absolute Gasteiger partial charge is 0.324 e. The highest BCUT2D eigenvalue weighted by Crippen LogP contribution is 2.50. The van der Waals surface area contributed by atoms with Crippen LogP contribution >= 0.6 is 0 Å². The number of carbonyl (C=O) groups excluding carboxylic acids is 5. The molecule has 4 amide bonds. The van der Waals surface area contributed by atoms with Gasteiger partial charge in [-0.2, -0.15) is 0 Å². The topological polar surface area (TPSA) is 185 Å². The van der Waals surface area contributed by atoms with Crippen LogP contribution in [0.5, 0.6) is 5.75 Å². The van der Waals surface area contributed by atoms with Gasteiger partial charge in [0.1, 0.15) is 40.9 Å². The third-order valence-electron chi connectivity index (χ3n) is 19.9. The molecule has 0 spiro atoms. The molecule has 19 heteroatoms. The van der Waals surface area contributed by atoms with E-state index >= 15 is 9.59 Å². The lowest BCUT2D eigenvalue weighted by Crippen LogP contribution is -2.62. The molecule has 6 bridgehead atoms. The Morgan fingerprint density at radius 2 is 1.58 bits per heavy atom. The van der Waals surface area contributed by atoms with Gasteiger partial charge < -0.3 is 33.6 Å². The Balaban J connectivity index is 1.04. The second kappa shape index (κ2) is 26.9. The molecule has 4 fully saturated rings. The molecule has 17 nitrogen and oxygen atoms in total. The lowest BCUT2D eigenvalue weighted by molar-refractivity contribution is -0.155. The Bertz CT molecular complexity index is 3440. The van der Waals surface area contributed by atoms with E-state index in [0.29, 0.717) is 49.3 Å².